The van der Waals surface area contributed by atoms with Gasteiger partial charge in [-0.25, -0.2) is 0 Å². The molecule has 20 heavy (non-hydrogen) atoms. The number of halogens is 1. The van der Waals surface area contributed by atoms with Crippen LogP contribution in [-0.4, -0.2) is 26.4 Å². The van der Waals surface area contributed by atoms with E-state index in [-0.39, 0.29) is 11.9 Å². The highest BCUT2D eigenvalue weighted by atomic mass is 79.9. The molecule has 0 spiro atoms. The second-order valence-electron chi connectivity index (χ2n) is 4.32. The molecule has 1 amide bonds. The van der Waals surface area contributed by atoms with E-state index in [4.69, 9.17) is 0 Å². The zero-order valence-electron chi connectivity index (χ0n) is 11.2. The van der Waals surface area contributed by atoms with Gasteiger partial charge in [-0.3, -0.25) is 4.79 Å². The van der Waals surface area contributed by atoms with E-state index in [0.29, 0.717) is 5.75 Å². The first kappa shape index (κ1) is 15.1. The summed E-state index contributed by atoms with van der Waals surface area (Å²) >= 11 is 4.86. The first-order valence-electron chi connectivity index (χ1n) is 6.08. The molecule has 0 saturated heterocycles. The van der Waals surface area contributed by atoms with Crippen molar-refractivity contribution in [2.75, 3.05) is 5.75 Å². The lowest BCUT2D eigenvalue weighted by atomic mass is 10.1. The van der Waals surface area contributed by atoms with Crippen molar-refractivity contribution in [3.63, 3.8) is 0 Å². The number of rotatable bonds is 5. The quantitative estimate of drug-likeness (QED) is 0.838. The summed E-state index contributed by atoms with van der Waals surface area (Å²) in [7, 11) is 1.85. The summed E-state index contributed by atoms with van der Waals surface area (Å²) in [6.07, 6.45) is 1.62. The van der Waals surface area contributed by atoms with Gasteiger partial charge < -0.3 is 9.88 Å². The molecule has 0 unspecified atom stereocenters. The van der Waals surface area contributed by atoms with E-state index < -0.39 is 0 Å². The highest BCUT2D eigenvalue weighted by Crippen LogP contribution is 2.23. The van der Waals surface area contributed by atoms with Gasteiger partial charge in [0, 0.05) is 11.5 Å². The first-order chi connectivity index (χ1) is 9.58. The molecule has 1 N–H and O–H groups in total. The average molecular weight is 355 g/mol. The number of benzene rings is 1. The van der Waals surface area contributed by atoms with Crippen molar-refractivity contribution >= 4 is 33.6 Å². The fourth-order valence-electron chi connectivity index (χ4n) is 1.72. The number of hydrogen-bond acceptors (Lipinski definition) is 4. The molecule has 0 fully saturated rings. The molecule has 5 nitrogen and oxygen atoms in total. The van der Waals surface area contributed by atoms with Crippen LogP contribution in [0.1, 0.15) is 18.5 Å². The predicted molar refractivity (Wildman–Crippen MR) is 82.4 cm³/mol. The van der Waals surface area contributed by atoms with E-state index in [9.17, 15) is 4.79 Å². The van der Waals surface area contributed by atoms with Gasteiger partial charge in [-0.15, -0.1) is 10.2 Å². The van der Waals surface area contributed by atoms with Gasteiger partial charge in [0.15, 0.2) is 5.16 Å². The van der Waals surface area contributed by atoms with Gasteiger partial charge in [-0.05, 0) is 18.6 Å². The van der Waals surface area contributed by atoms with Crippen LogP contribution in [0.3, 0.4) is 0 Å². The standard InChI is InChI=1S/C13H15BrN4OS/c1-9(10-5-3-4-6-11(10)14)16-12(19)7-20-13-17-15-8-18(13)2/h3-6,8-9H,7H2,1-2H3,(H,16,19)/t9-/m1/s1. The summed E-state index contributed by atoms with van der Waals surface area (Å²) < 4.78 is 2.78. The fraction of sp³-hybridized carbons (Fsp3) is 0.308. The number of aromatic nitrogens is 3. The maximum absolute atomic E-state index is 11.9. The Hall–Kier alpha value is -1.34. The Labute approximate surface area is 130 Å². The molecule has 2 rings (SSSR count). The molecule has 0 aliphatic heterocycles. The third kappa shape index (κ3) is 3.83. The fourth-order valence-corrected chi connectivity index (χ4v) is 3.05. The Morgan fingerprint density at radius 3 is 2.90 bits per heavy atom. The SMILES string of the molecule is C[C@@H](NC(=O)CSc1nncn1C)c1ccccc1Br. The number of nitrogens with zero attached hydrogens (tertiary/aromatic N) is 3. The molecule has 106 valence electrons. The van der Waals surface area contributed by atoms with Gasteiger partial charge in [-0.2, -0.15) is 0 Å². The Kier molecular flexibility index (Phi) is 5.19. The van der Waals surface area contributed by atoms with E-state index in [2.05, 4.69) is 31.4 Å². The number of carbonyl (C=O) groups is 1. The van der Waals surface area contributed by atoms with Crippen LogP contribution in [0, 0.1) is 0 Å². The minimum atomic E-state index is -0.0434. The topological polar surface area (TPSA) is 59.8 Å². The van der Waals surface area contributed by atoms with Crippen LogP contribution in [0.2, 0.25) is 0 Å². The molecule has 1 atom stereocenters. The third-order valence-corrected chi connectivity index (χ3v) is 4.51. The van der Waals surface area contributed by atoms with Crippen molar-refractivity contribution in [3.8, 4) is 0 Å². The molecular weight excluding hydrogens is 340 g/mol. The van der Waals surface area contributed by atoms with Gasteiger partial charge in [0.25, 0.3) is 0 Å². The van der Waals surface area contributed by atoms with Crippen LogP contribution in [0.15, 0.2) is 40.2 Å². The number of nitrogens with one attached hydrogen (secondary N) is 1. The van der Waals surface area contributed by atoms with Gasteiger partial charge in [0.05, 0.1) is 11.8 Å². The molecule has 0 aliphatic rings. The largest absolute Gasteiger partial charge is 0.349 e. The first-order valence-corrected chi connectivity index (χ1v) is 7.86. The van der Waals surface area contributed by atoms with Crippen molar-refractivity contribution in [3.05, 3.63) is 40.6 Å². The summed E-state index contributed by atoms with van der Waals surface area (Å²) in [4.78, 5) is 11.9. The molecule has 1 heterocycles. The van der Waals surface area contributed by atoms with E-state index in [1.54, 1.807) is 10.9 Å². The van der Waals surface area contributed by atoms with Crippen molar-refractivity contribution in [1.29, 1.82) is 0 Å². The number of aryl methyl sites for hydroxylation is 1. The lowest BCUT2D eigenvalue weighted by Crippen LogP contribution is -2.28. The molecule has 0 saturated carbocycles. The summed E-state index contributed by atoms with van der Waals surface area (Å²) in [5.41, 5.74) is 1.06. The Bertz CT molecular complexity index is 602. The average Bonchev–Trinajstić information content (AvgIpc) is 2.82. The van der Waals surface area contributed by atoms with Crippen LogP contribution in [0.4, 0.5) is 0 Å². The molecule has 7 heteroatoms. The highest BCUT2D eigenvalue weighted by molar-refractivity contribution is 9.10. The molecule has 0 aliphatic carbocycles. The van der Waals surface area contributed by atoms with Crippen molar-refractivity contribution in [2.24, 2.45) is 7.05 Å². The number of amides is 1. The minimum absolute atomic E-state index is 0.0266. The predicted octanol–water partition coefficient (Wildman–Crippen LogP) is 2.55. The van der Waals surface area contributed by atoms with Crippen LogP contribution in [0.25, 0.3) is 0 Å². The zero-order valence-corrected chi connectivity index (χ0v) is 13.6. The summed E-state index contributed by atoms with van der Waals surface area (Å²) in [5.74, 6) is 0.294. The van der Waals surface area contributed by atoms with Gasteiger partial charge in [0.1, 0.15) is 6.33 Å². The van der Waals surface area contributed by atoms with Gasteiger partial charge in [0.2, 0.25) is 5.91 Å². The second-order valence-corrected chi connectivity index (χ2v) is 6.12. The summed E-state index contributed by atoms with van der Waals surface area (Å²) in [6, 6.07) is 7.82. The smallest absolute Gasteiger partial charge is 0.230 e. The lowest BCUT2D eigenvalue weighted by molar-refractivity contribution is -0.119. The number of carbonyl (C=O) groups excluding carboxylic acids is 1. The normalized spacial score (nSPS) is 12.2. The van der Waals surface area contributed by atoms with Crippen LogP contribution in [0.5, 0.6) is 0 Å². The maximum Gasteiger partial charge on any atom is 0.230 e. The minimum Gasteiger partial charge on any atom is -0.349 e. The van der Waals surface area contributed by atoms with E-state index in [0.717, 1.165) is 15.2 Å². The molecule has 1 aromatic heterocycles. The van der Waals surface area contributed by atoms with Crippen LogP contribution in [-0.2, 0) is 11.8 Å². The summed E-state index contributed by atoms with van der Waals surface area (Å²) in [5, 5.41) is 11.4. The second kappa shape index (κ2) is 6.90. The maximum atomic E-state index is 11.9. The van der Waals surface area contributed by atoms with Gasteiger partial charge in [-0.1, -0.05) is 45.9 Å². The monoisotopic (exact) mass is 354 g/mol. The Morgan fingerprint density at radius 1 is 1.50 bits per heavy atom. The number of thioether (sulfide) groups is 1. The van der Waals surface area contributed by atoms with E-state index in [1.165, 1.54) is 11.8 Å². The summed E-state index contributed by atoms with van der Waals surface area (Å²) in [6.45, 7) is 1.96. The highest BCUT2D eigenvalue weighted by Gasteiger charge is 2.13. The third-order valence-electron chi connectivity index (χ3n) is 2.75. The van der Waals surface area contributed by atoms with Crippen molar-refractivity contribution in [1.82, 2.24) is 20.1 Å². The molecular formula is C13H15BrN4OS. The van der Waals surface area contributed by atoms with E-state index >= 15 is 0 Å². The van der Waals surface area contributed by atoms with Crippen molar-refractivity contribution < 1.29 is 4.79 Å². The van der Waals surface area contributed by atoms with Crippen LogP contribution >= 0.6 is 27.7 Å². The van der Waals surface area contributed by atoms with Crippen molar-refractivity contribution in [2.45, 2.75) is 18.1 Å². The van der Waals surface area contributed by atoms with Gasteiger partial charge >= 0.3 is 0 Å². The van der Waals surface area contributed by atoms with E-state index in [1.807, 2.05) is 38.2 Å². The number of hydrogen-bond donors (Lipinski definition) is 1. The van der Waals surface area contributed by atoms with Crippen LogP contribution < -0.4 is 5.32 Å². The Balaban J connectivity index is 1.88. The molecule has 1 aromatic carbocycles. The molecule has 2 aromatic rings. The zero-order chi connectivity index (χ0) is 14.5. The Morgan fingerprint density at radius 2 is 2.25 bits per heavy atom. The molecule has 0 bridgehead atoms. The lowest BCUT2D eigenvalue weighted by Gasteiger charge is -2.15. The molecule has 0 radical (unpaired) electrons.